The fourth-order valence-electron chi connectivity index (χ4n) is 6.43. The molecule has 3 aliphatic rings. The van der Waals surface area contributed by atoms with E-state index in [0.717, 1.165) is 66.0 Å². The van der Waals surface area contributed by atoms with Crippen LogP contribution in [0.3, 0.4) is 0 Å². The molecule has 202 valence electrons. The molecule has 2 atom stereocenters. The van der Waals surface area contributed by atoms with Crippen molar-refractivity contribution < 1.29 is 9.59 Å². The van der Waals surface area contributed by atoms with Crippen molar-refractivity contribution in [3.63, 3.8) is 0 Å². The smallest absolute Gasteiger partial charge is 0.250 e. The molecule has 8 nitrogen and oxygen atoms in total. The molecule has 2 aliphatic carbocycles. The van der Waals surface area contributed by atoms with E-state index >= 15 is 0 Å². The first-order valence-corrected chi connectivity index (χ1v) is 14.0. The number of likely N-dealkylation sites (tertiary alicyclic amines) is 1. The highest BCUT2D eigenvalue weighted by Gasteiger charge is 2.41. The standard InChI is InChI=1S/C31H36N6O2/c1-18(2)30(38)35-23-14-12-21(13-15-23)27-25(26-28(32)33-17-34-29(26)36(27)3)20-8-10-22(11-9-20)31(39)37-16-4-5-24(37)19-6-7-19/h8,12-15,17,19,22,24H,1,4-7,9-11,16H2,2-3H3,(H,35,38)(H2,32,33,34)/t22-,24?/m0/s1. The van der Waals surface area contributed by atoms with Gasteiger partial charge in [0, 0.05) is 42.4 Å². The van der Waals surface area contributed by atoms with Crippen molar-refractivity contribution in [2.45, 2.75) is 57.9 Å². The normalized spacial score (nSPS) is 21.2. The van der Waals surface area contributed by atoms with E-state index in [4.69, 9.17) is 5.73 Å². The summed E-state index contributed by atoms with van der Waals surface area (Å²) >= 11 is 0. The molecule has 1 saturated heterocycles. The predicted octanol–water partition coefficient (Wildman–Crippen LogP) is 5.32. The van der Waals surface area contributed by atoms with Gasteiger partial charge in [0.2, 0.25) is 5.91 Å². The van der Waals surface area contributed by atoms with Crippen LogP contribution in [0.2, 0.25) is 0 Å². The number of nitrogen functional groups attached to an aromatic ring is 1. The highest BCUT2D eigenvalue weighted by molar-refractivity contribution is 6.05. The lowest BCUT2D eigenvalue weighted by molar-refractivity contribution is -0.137. The zero-order valence-electron chi connectivity index (χ0n) is 22.7. The van der Waals surface area contributed by atoms with Crippen molar-refractivity contribution >= 4 is 39.9 Å². The lowest BCUT2D eigenvalue weighted by Crippen LogP contribution is -2.41. The summed E-state index contributed by atoms with van der Waals surface area (Å²) in [5.74, 6) is 1.35. The van der Waals surface area contributed by atoms with Gasteiger partial charge in [-0.05, 0) is 81.1 Å². The maximum Gasteiger partial charge on any atom is 0.250 e. The number of hydrogen-bond donors (Lipinski definition) is 2. The summed E-state index contributed by atoms with van der Waals surface area (Å²) < 4.78 is 2.06. The number of carbonyl (C=O) groups is 2. The minimum absolute atomic E-state index is 0.0383. The monoisotopic (exact) mass is 524 g/mol. The second-order valence-corrected chi connectivity index (χ2v) is 11.3. The van der Waals surface area contributed by atoms with Gasteiger partial charge in [0.15, 0.2) is 0 Å². The predicted molar refractivity (Wildman–Crippen MR) is 155 cm³/mol. The summed E-state index contributed by atoms with van der Waals surface area (Å²) in [5, 5.41) is 3.71. The number of aromatic nitrogens is 3. The number of nitrogens with one attached hydrogen (secondary N) is 1. The molecule has 0 bridgehead atoms. The van der Waals surface area contributed by atoms with Gasteiger partial charge in [0.1, 0.15) is 17.8 Å². The number of nitrogens with two attached hydrogens (primary N) is 1. The van der Waals surface area contributed by atoms with E-state index in [1.54, 1.807) is 6.92 Å². The van der Waals surface area contributed by atoms with Crippen LogP contribution in [0.1, 0.15) is 57.4 Å². The maximum absolute atomic E-state index is 13.5. The Morgan fingerprint density at radius 2 is 1.87 bits per heavy atom. The summed E-state index contributed by atoms with van der Waals surface area (Å²) in [4.78, 5) is 36.7. The number of fused-ring (bicyclic) bond motifs is 1. The summed E-state index contributed by atoms with van der Waals surface area (Å²) in [6, 6.07) is 8.24. The SMILES string of the molecule is C=C(C)C(=O)Nc1ccc(-c2c(C3=CC[C@H](C(=O)N4CCCC4C4CC4)CC3)c3c(N)ncnc3n2C)cc1. The Labute approximate surface area is 229 Å². The molecule has 3 aromatic rings. The van der Waals surface area contributed by atoms with E-state index in [1.165, 1.54) is 31.2 Å². The second kappa shape index (κ2) is 9.98. The minimum atomic E-state index is -0.204. The molecular formula is C31H36N6O2. The first-order valence-electron chi connectivity index (χ1n) is 14.0. The van der Waals surface area contributed by atoms with E-state index in [2.05, 4.69) is 37.4 Å². The van der Waals surface area contributed by atoms with Crippen LogP contribution in [-0.2, 0) is 16.6 Å². The first kappa shape index (κ1) is 25.3. The fourth-order valence-corrected chi connectivity index (χ4v) is 6.43. The van der Waals surface area contributed by atoms with Crippen LogP contribution in [-0.4, -0.2) is 43.8 Å². The quantitative estimate of drug-likeness (QED) is 0.425. The Balaban J connectivity index is 1.33. The molecule has 39 heavy (non-hydrogen) atoms. The molecule has 2 fully saturated rings. The highest BCUT2D eigenvalue weighted by atomic mass is 16.2. The molecule has 6 rings (SSSR count). The molecule has 2 aromatic heterocycles. The third-order valence-corrected chi connectivity index (χ3v) is 8.63. The lowest BCUT2D eigenvalue weighted by Gasteiger charge is -2.30. The number of carbonyl (C=O) groups excluding carboxylic acids is 2. The van der Waals surface area contributed by atoms with Crippen molar-refractivity contribution in [2.75, 3.05) is 17.6 Å². The molecule has 3 N–H and O–H groups in total. The molecule has 1 saturated carbocycles. The van der Waals surface area contributed by atoms with Crippen LogP contribution in [0.25, 0.3) is 27.9 Å². The average Bonchev–Trinajstić information content (AvgIpc) is 3.59. The van der Waals surface area contributed by atoms with Crippen molar-refractivity contribution in [3.05, 3.63) is 54.4 Å². The largest absolute Gasteiger partial charge is 0.383 e. The van der Waals surface area contributed by atoms with Gasteiger partial charge in [-0.1, -0.05) is 24.8 Å². The summed E-state index contributed by atoms with van der Waals surface area (Å²) in [7, 11) is 1.99. The van der Waals surface area contributed by atoms with E-state index < -0.39 is 0 Å². The van der Waals surface area contributed by atoms with Crippen molar-refractivity contribution in [1.29, 1.82) is 0 Å². The zero-order chi connectivity index (χ0) is 27.3. The zero-order valence-corrected chi connectivity index (χ0v) is 22.7. The van der Waals surface area contributed by atoms with Crippen molar-refractivity contribution in [3.8, 4) is 11.3 Å². The Bertz CT molecular complexity index is 1500. The van der Waals surface area contributed by atoms with Gasteiger partial charge < -0.3 is 20.5 Å². The van der Waals surface area contributed by atoms with Gasteiger partial charge in [0.25, 0.3) is 5.91 Å². The highest BCUT2D eigenvalue weighted by Crippen LogP contribution is 2.44. The minimum Gasteiger partial charge on any atom is -0.383 e. The summed E-state index contributed by atoms with van der Waals surface area (Å²) in [5.41, 5.74) is 12.6. The number of amides is 2. The van der Waals surface area contributed by atoms with Gasteiger partial charge in [-0.2, -0.15) is 0 Å². The molecule has 2 amide bonds. The molecule has 3 heterocycles. The number of rotatable bonds is 6. The van der Waals surface area contributed by atoms with E-state index in [0.29, 0.717) is 29.0 Å². The van der Waals surface area contributed by atoms with Crippen LogP contribution in [0, 0.1) is 11.8 Å². The summed E-state index contributed by atoms with van der Waals surface area (Å²) in [6.07, 6.45) is 10.9. The number of aryl methyl sites for hydroxylation is 1. The Hall–Kier alpha value is -3.94. The number of benzene rings is 1. The van der Waals surface area contributed by atoms with Crippen LogP contribution < -0.4 is 11.1 Å². The van der Waals surface area contributed by atoms with Gasteiger partial charge in [-0.3, -0.25) is 9.59 Å². The van der Waals surface area contributed by atoms with Crippen molar-refractivity contribution in [2.24, 2.45) is 18.9 Å². The fraction of sp³-hybridized carbons (Fsp3) is 0.419. The molecule has 1 aliphatic heterocycles. The number of allylic oxidation sites excluding steroid dienone is 2. The average molecular weight is 525 g/mol. The van der Waals surface area contributed by atoms with Gasteiger partial charge in [-0.15, -0.1) is 0 Å². The Morgan fingerprint density at radius 1 is 1.10 bits per heavy atom. The molecule has 8 heteroatoms. The van der Waals surface area contributed by atoms with Crippen molar-refractivity contribution in [1.82, 2.24) is 19.4 Å². The first-order chi connectivity index (χ1) is 18.8. The number of nitrogens with zero attached hydrogens (tertiary/aromatic N) is 4. The molecule has 1 aromatic carbocycles. The maximum atomic E-state index is 13.5. The van der Waals surface area contributed by atoms with E-state index in [-0.39, 0.29) is 11.8 Å². The molecule has 0 spiro atoms. The third-order valence-electron chi connectivity index (χ3n) is 8.63. The number of hydrogen-bond acceptors (Lipinski definition) is 5. The number of anilines is 2. The molecule has 0 radical (unpaired) electrons. The van der Waals surface area contributed by atoms with Crippen LogP contribution in [0.15, 0.2) is 48.8 Å². The van der Waals surface area contributed by atoms with Crippen LogP contribution >= 0.6 is 0 Å². The van der Waals surface area contributed by atoms with Gasteiger partial charge in [-0.25, -0.2) is 9.97 Å². The van der Waals surface area contributed by atoms with Crippen LogP contribution in [0.5, 0.6) is 0 Å². The van der Waals surface area contributed by atoms with Gasteiger partial charge >= 0.3 is 0 Å². The molecular weight excluding hydrogens is 488 g/mol. The summed E-state index contributed by atoms with van der Waals surface area (Å²) in [6.45, 7) is 6.30. The Kier molecular flexibility index (Phi) is 6.49. The Morgan fingerprint density at radius 3 is 2.54 bits per heavy atom. The third kappa shape index (κ3) is 4.62. The van der Waals surface area contributed by atoms with Crippen LogP contribution in [0.4, 0.5) is 11.5 Å². The lowest BCUT2D eigenvalue weighted by atomic mass is 9.84. The molecule has 1 unspecified atom stereocenters. The van der Waals surface area contributed by atoms with Gasteiger partial charge in [0.05, 0.1) is 11.1 Å². The van der Waals surface area contributed by atoms with E-state index in [1.807, 2.05) is 31.3 Å². The topological polar surface area (TPSA) is 106 Å². The second-order valence-electron chi connectivity index (χ2n) is 11.3. The van der Waals surface area contributed by atoms with E-state index in [9.17, 15) is 9.59 Å².